The number of nitrogens with zero attached hydrogens (tertiary/aromatic N) is 3. The number of Topliss-reactive ketones (excluding diaryl/α,β-unsaturated/α-hetero) is 1. The number of ether oxygens (including phenoxy) is 3. The third-order valence-electron chi connectivity index (χ3n) is 6.61. The average molecular weight is 530 g/mol. The van der Waals surface area contributed by atoms with Gasteiger partial charge in [0.05, 0.1) is 48.8 Å². The minimum atomic E-state index is -0.714. The number of carbonyl (C=O) groups excluding carboxylic acids is 1. The summed E-state index contributed by atoms with van der Waals surface area (Å²) in [6, 6.07) is 7.71. The number of hydrogen-bond acceptors (Lipinski definition) is 9. The molecule has 5 rings (SSSR count). The Kier molecular flexibility index (Phi) is 7.99. The van der Waals surface area contributed by atoms with E-state index < -0.39 is 11.9 Å². The van der Waals surface area contributed by atoms with Gasteiger partial charge in [-0.15, -0.1) is 0 Å². The Morgan fingerprint density at radius 1 is 1.30 bits per heavy atom. The van der Waals surface area contributed by atoms with Crippen LogP contribution in [-0.4, -0.2) is 79.3 Å². The van der Waals surface area contributed by atoms with Crippen molar-refractivity contribution in [3.8, 4) is 11.5 Å². The van der Waals surface area contributed by atoms with Gasteiger partial charge in [-0.05, 0) is 37.6 Å². The molecule has 2 aliphatic heterocycles. The SMILES string of the molecule is COc1cc(OC(C(=O)CN2CCOCC2)[C@@H]2CCCN2)c2c(Nc3ccc(F)c(Cl)c3)ncnc2c1. The number of fused-ring (bicyclic) bond motifs is 1. The van der Waals surface area contributed by atoms with Crippen molar-refractivity contribution < 1.29 is 23.4 Å². The quantitative estimate of drug-likeness (QED) is 0.431. The maximum atomic E-state index is 13.7. The summed E-state index contributed by atoms with van der Waals surface area (Å²) in [5.41, 5.74) is 1.12. The van der Waals surface area contributed by atoms with Gasteiger partial charge in [0.15, 0.2) is 11.9 Å². The number of methoxy groups -OCH3 is 1. The molecule has 196 valence electrons. The van der Waals surface area contributed by atoms with Crippen LogP contribution in [0.2, 0.25) is 5.02 Å². The predicted molar refractivity (Wildman–Crippen MR) is 138 cm³/mol. The third-order valence-corrected chi connectivity index (χ3v) is 6.90. The normalized spacial score (nSPS) is 19.1. The molecule has 2 fully saturated rings. The molecule has 2 aliphatic rings. The molecule has 1 aromatic heterocycles. The third kappa shape index (κ3) is 5.93. The molecule has 3 heterocycles. The fourth-order valence-electron chi connectivity index (χ4n) is 4.69. The van der Waals surface area contributed by atoms with Crippen molar-refractivity contribution >= 4 is 39.8 Å². The molecular formula is C26H29ClFN5O4. The lowest BCUT2D eigenvalue weighted by Crippen LogP contribution is -2.50. The van der Waals surface area contributed by atoms with Crippen LogP contribution in [0, 0.1) is 5.82 Å². The first kappa shape index (κ1) is 25.6. The van der Waals surface area contributed by atoms with E-state index >= 15 is 0 Å². The van der Waals surface area contributed by atoms with Gasteiger partial charge in [0.1, 0.15) is 29.5 Å². The van der Waals surface area contributed by atoms with Crippen molar-refractivity contribution in [1.82, 2.24) is 20.2 Å². The molecule has 0 aliphatic carbocycles. The average Bonchev–Trinajstić information content (AvgIpc) is 3.44. The van der Waals surface area contributed by atoms with Gasteiger partial charge >= 0.3 is 0 Å². The first-order valence-electron chi connectivity index (χ1n) is 12.3. The van der Waals surface area contributed by atoms with Crippen molar-refractivity contribution in [2.24, 2.45) is 0 Å². The van der Waals surface area contributed by atoms with E-state index in [4.69, 9.17) is 25.8 Å². The van der Waals surface area contributed by atoms with Crippen molar-refractivity contribution in [1.29, 1.82) is 0 Å². The Morgan fingerprint density at radius 2 is 2.14 bits per heavy atom. The van der Waals surface area contributed by atoms with Crippen LogP contribution in [0.3, 0.4) is 0 Å². The number of ketones is 1. The Hall–Kier alpha value is -3.05. The molecule has 0 amide bonds. The highest BCUT2D eigenvalue weighted by atomic mass is 35.5. The van der Waals surface area contributed by atoms with Crippen LogP contribution in [0.15, 0.2) is 36.7 Å². The maximum absolute atomic E-state index is 13.7. The Morgan fingerprint density at radius 3 is 2.86 bits per heavy atom. The fourth-order valence-corrected chi connectivity index (χ4v) is 4.87. The molecule has 2 aromatic carbocycles. The minimum Gasteiger partial charge on any atom is -0.497 e. The van der Waals surface area contributed by atoms with E-state index in [0.29, 0.717) is 60.2 Å². The van der Waals surface area contributed by atoms with E-state index in [1.807, 2.05) is 0 Å². The monoisotopic (exact) mass is 529 g/mol. The molecule has 0 spiro atoms. The lowest BCUT2D eigenvalue weighted by Gasteiger charge is -2.30. The van der Waals surface area contributed by atoms with Crippen LogP contribution in [0.1, 0.15) is 12.8 Å². The Labute approximate surface area is 219 Å². The first-order valence-corrected chi connectivity index (χ1v) is 12.7. The zero-order chi connectivity index (χ0) is 25.8. The lowest BCUT2D eigenvalue weighted by molar-refractivity contribution is -0.129. The van der Waals surface area contributed by atoms with Gasteiger partial charge in [-0.2, -0.15) is 0 Å². The number of halogens is 2. The molecule has 1 unspecified atom stereocenters. The number of benzene rings is 2. The topological polar surface area (TPSA) is 97.8 Å². The number of rotatable bonds is 9. The van der Waals surface area contributed by atoms with Gasteiger partial charge in [-0.25, -0.2) is 14.4 Å². The number of carbonyl (C=O) groups is 1. The van der Waals surface area contributed by atoms with E-state index in [1.165, 1.54) is 18.5 Å². The van der Waals surface area contributed by atoms with Crippen molar-refractivity contribution in [3.63, 3.8) is 0 Å². The smallest absolute Gasteiger partial charge is 0.188 e. The number of anilines is 2. The molecule has 0 radical (unpaired) electrons. The summed E-state index contributed by atoms with van der Waals surface area (Å²) in [7, 11) is 1.56. The predicted octanol–water partition coefficient (Wildman–Crippen LogP) is 3.58. The van der Waals surface area contributed by atoms with Gasteiger partial charge in [0.25, 0.3) is 0 Å². The highest BCUT2D eigenvalue weighted by Gasteiger charge is 2.34. The highest BCUT2D eigenvalue weighted by Crippen LogP contribution is 2.37. The van der Waals surface area contributed by atoms with Gasteiger partial charge in [-0.1, -0.05) is 11.6 Å². The summed E-state index contributed by atoms with van der Waals surface area (Å²) in [6.45, 7) is 3.75. The number of nitrogens with one attached hydrogen (secondary N) is 2. The Bertz CT molecular complexity index is 1270. The molecule has 0 saturated carbocycles. The first-order chi connectivity index (χ1) is 18.0. The van der Waals surface area contributed by atoms with Gasteiger partial charge in [0.2, 0.25) is 0 Å². The van der Waals surface area contributed by atoms with Gasteiger partial charge < -0.3 is 24.8 Å². The van der Waals surface area contributed by atoms with Crippen LogP contribution in [0.4, 0.5) is 15.9 Å². The van der Waals surface area contributed by atoms with E-state index in [0.717, 1.165) is 19.4 Å². The van der Waals surface area contributed by atoms with E-state index in [2.05, 4.69) is 25.5 Å². The zero-order valence-corrected chi connectivity index (χ0v) is 21.3. The van der Waals surface area contributed by atoms with E-state index in [-0.39, 0.29) is 23.4 Å². The molecule has 3 aromatic rings. The second kappa shape index (κ2) is 11.6. The van der Waals surface area contributed by atoms with E-state index in [1.54, 1.807) is 25.3 Å². The van der Waals surface area contributed by atoms with Crippen LogP contribution < -0.4 is 20.1 Å². The van der Waals surface area contributed by atoms with Crippen molar-refractivity contribution in [2.75, 3.05) is 51.8 Å². The highest BCUT2D eigenvalue weighted by molar-refractivity contribution is 6.31. The molecule has 9 nitrogen and oxygen atoms in total. The molecular weight excluding hydrogens is 501 g/mol. The van der Waals surface area contributed by atoms with Gasteiger partial charge in [-0.3, -0.25) is 9.69 Å². The fraction of sp³-hybridized carbons (Fsp3) is 0.423. The Balaban J connectivity index is 1.51. The summed E-state index contributed by atoms with van der Waals surface area (Å²) in [6.07, 6.45) is 2.50. The molecule has 2 N–H and O–H groups in total. The molecule has 0 bridgehead atoms. The van der Waals surface area contributed by atoms with Crippen LogP contribution in [-0.2, 0) is 9.53 Å². The minimum absolute atomic E-state index is 0.00561. The largest absolute Gasteiger partial charge is 0.497 e. The number of aromatic nitrogens is 2. The summed E-state index contributed by atoms with van der Waals surface area (Å²) in [4.78, 5) is 24.5. The molecule has 2 saturated heterocycles. The summed E-state index contributed by atoms with van der Waals surface area (Å²) in [5.74, 6) is 0.868. The lowest BCUT2D eigenvalue weighted by atomic mass is 10.0. The van der Waals surface area contributed by atoms with Gasteiger partial charge in [0, 0.05) is 30.9 Å². The van der Waals surface area contributed by atoms with Crippen molar-refractivity contribution in [2.45, 2.75) is 25.0 Å². The molecule has 2 atom stereocenters. The molecule has 11 heteroatoms. The van der Waals surface area contributed by atoms with E-state index in [9.17, 15) is 9.18 Å². The summed E-state index contributed by atoms with van der Waals surface area (Å²) >= 11 is 5.98. The van der Waals surface area contributed by atoms with Crippen LogP contribution >= 0.6 is 11.6 Å². The second-order valence-electron chi connectivity index (χ2n) is 9.09. The summed E-state index contributed by atoms with van der Waals surface area (Å²) in [5, 5.41) is 7.17. The number of morpholine rings is 1. The standard InChI is InChI=1S/C26H29ClFN5O4/c1-35-17-12-21-24(26(31-15-30-21)32-16-4-5-19(28)18(27)11-16)23(13-17)37-25(20-3-2-6-29-20)22(34)14-33-7-9-36-10-8-33/h4-5,11-13,15,20,25,29H,2-3,6-10,14H2,1H3,(H,30,31,32)/t20-,25?/m0/s1. The second-order valence-corrected chi connectivity index (χ2v) is 9.50. The maximum Gasteiger partial charge on any atom is 0.188 e. The number of hydrogen-bond donors (Lipinski definition) is 2. The zero-order valence-electron chi connectivity index (χ0n) is 20.5. The summed E-state index contributed by atoms with van der Waals surface area (Å²) < 4.78 is 31.2. The van der Waals surface area contributed by atoms with Crippen molar-refractivity contribution in [3.05, 3.63) is 47.5 Å². The molecule has 37 heavy (non-hydrogen) atoms. The van der Waals surface area contributed by atoms with Crippen LogP contribution in [0.5, 0.6) is 11.5 Å². The van der Waals surface area contributed by atoms with Crippen LogP contribution in [0.25, 0.3) is 10.9 Å².